The highest BCUT2D eigenvalue weighted by molar-refractivity contribution is 6.02. The van der Waals surface area contributed by atoms with Gasteiger partial charge in [-0.25, -0.2) is 4.68 Å². The number of para-hydroxylation sites is 1. The van der Waals surface area contributed by atoms with Gasteiger partial charge >= 0.3 is 0 Å². The first-order valence-electron chi connectivity index (χ1n) is 9.72. The summed E-state index contributed by atoms with van der Waals surface area (Å²) in [5.41, 5.74) is 2.59. The number of carbonyl (C=O) groups is 1. The molecule has 2 aromatic carbocycles. The Balaban J connectivity index is 1.62. The van der Waals surface area contributed by atoms with Crippen LogP contribution in [0.15, 0.2) is 74.9 Å². The van der Waals surface area contributed by atoms with Gasteiger partial charge in [-0.1, -0.05) is 29.8 Å². The minimum Gasteiger partial charge on any atom is -0.463 e. The lowest BCUT2D eigenvalue weighted by Gasteiger charge is -2.07. The molecular formula is C24H21N3O4. The summed E-state index contributed by atoms with van der Waals surface area (Å²) in [5.74, 6) is -0.519. The minimum atomic E-state index is -0.519. The van der Waals surface area contributed by atoms with E-state index in [1.54, 1.807) is 30.8 Å². The summed E-state index contributed by atoms with van der Waals surface area (Å²) in [6.45, 7) is 3.64. The van der Waals surface area contributed by atoms with Crippen LogP contribution in [0.2, 0.25) is 0 Å². The van der Waals surface area contributed by atoms with Gasteiger partial charge in [0.15, 0.2) is 5.43 Å². The molecule has 2 aromatic heterocycles. The lowest BCUT2D eigenvalue weighted by molar-refractivity contribution is -0.111. The summed E-state index contributed by atoms with van der Waals surface area (Å²) in [4.78, 5) is 38.0. The standard InChI is InChI=1S/C24H21N3O4/c1-15-9-11-20-19(13-15)23(29)17(14-31-20)10-12-21(28)25-22-16(2)26(3)27(24(22)30)18-7-5-4-6-8-18/h4-14H,1-3H3,(H,25,28)/b12-10+. The predicted molar refractivity (Wildman–Crippen MR) is 121 cm³/mol. The number of benzene rings is 2. The Morgan fingerprint density at radius 2 is 1.81 bits per heavy atom. The number of nitrogens with one attached hydrogen (secondary N) is 1. The molecule has 0 unspecified atom stereocenters. The van der Waals surface area contributed by atoms with E-state index in [0.29, 0.717) is 22.4 Å². The number of carbonyl (C=O) groups excluding carboxylic acids is 1. The molecule has 0 aliphatic rings. The maximum Gasteiger partial charge on any atom is 0.295 e. The maximum atomic E-state index is 12.9. The van der Waals surface area contributed by atoms with Crippen LogP contribution in [0.5, 0.6) is 0 Å². The average Bonchev–Trinajstić information content (AvgIpc) is 2.97. The number of hydrogen-bond acceptors (Lipinski definition) is 4. The van der Waals surface area contributed by atoms with Gasteiger partial charge in [0.05, 0.1) is 22.3 Å². The molecule has 7 heteroatoms. The summed E-state index contributed by atoms with van der Waals surface area (Å²) < 4.78 is 8.65. The van der Waals surface area contributed by atoms with Crippen LogP contribution < -0.4 is 16.3 Å². The van der Waals surface area contributed by atoms with E-state index in [9.17, 15) is 14.4 Å². The Labute approximate surface area is 177 Å². The quantitative estimate of drug-likeness (QED) is 0.517. The molecule has 1 N–H and O–H groups in total. The third-order valence-electron chi connectivity index (χ3n) is 5.17. The molecule has 7 nitrogen and oxygen atoms in total. The number of rotatable bonds is 4. The molecule has 0 atom stereocenters. The zero-order valence-electron chi connectivity index (χ0n) is 17.4. The van der Waals surface area contributed by atoms with Crippen molar-refractivity contribution in [2.45, 2.75) is 13.8 Å². The second kappa shape index (κ2) is 7.95. The van der Waals surface area contributed by atoms with Crippen molar-refractivity contribution in [1.82, 2.24) is 9.36 Å². The Morgan fingerprint density at radius 1 is 1.06 bits per heavy atom. The monoisotopic (exact) mass is 415 g/mol. The highest BCUT2D eigenvalue weighted by Crippen LogP contribution is 2.15. The van der Waals surface area contributed by atoms with Crippen LogP contribution in [0.25, 0.3) is 22.7 Å². The number of aromatic nitrogens is 2. The molecule has 31 heavy (non-hydrogen) atoms. The molecule has 156 valence electrons. The third kappa shape index (κ3) is 3.73. The summed E-state index contributed by atoms with van der Waals surface area (Å²) in [5, 5.41) is 3.08. The lowest BCUT2D eigenvalue weighted by atomic mass is 10.1. The van der Waals surface area contributed by atoms with E-state index in [1.807, 2.05) is 43.3 Å². The normalized spacial score (nSPS) is 11.3. The Kier molecular flexibility index (Phi) is 5.17. The van der Waals surface area contributed by atoms with Gasteiger partial charge < -0.3 is 9.73 Å². The van der Waals surface area contributed by atoms with Gasteiger partial charge in [0.1, 0.15) is 17.5 Å². The first-order valence-corrected chi connectivity index (χ1v) is 9.72. The van der Waals surface area contributed by atoms with E-state index in [1.165, 1.54) is 23.1 Å². The van der Waals surface area contributed by atoms with Gasteiger partial charge in [-0.3, -0.25) is 19.1 Å². The molecule has 0 saturated heterocycles. The van der Waals surface area contributed by atoms with Crippen molar-refractivity contribution in [3.05, 3.63) is 98.3 Å². The fraction of sp³-hybridized carbons (Fsp3) is 0.125. The second-order valence-corrected chi connectivity index (χ2v) is 7.28. The zero-order chi connectivity index (χ0) is 22.1. The molecule has 0 fully saturated rings. The van der Waals surface area contributed by atoms with Crippen LogP contribution >= 0.6 is 0 Å². The van der Waals surface area contributed by atoms with Crippen molar-refractivity contribution in [2.75, 3.05) is 5.32 Å². The summed E-state index contributed by atoms with van der Waals surface area (Å²) in [6.07, 6.45) is 3.92. The fourth-order valence-corrected chi connectivity index (χ4v) is 3.42. The molecule has 2 heterocycles. The zero-order valence-corrected chi connectivity index (χ0v) is 17.4. The topological polar surface area (TPSA) is 86.2 Å². The molecule has 0 aliphatic heterocycles. The fourth-order valence-electron chi connectivity index (χ4n) is 3.42. The molecule has 0 bridgehead atoms. The van der Waals surface area contributed by atoms with Crippen LogP contribution in [0, 0.1) is 13.8 Å². The largest absolute Gasteiger partial charge is 0.463 e. The van der Waals surface area contributed by atoms with Gasteiger partial charge in [0, 0.05) is 13.1 Å². The molecule has 0 spiro atoms. The predicted octanol–water partition coefficient (Wildman–Crippen LogP) is 3.55. The van der Waals surface area contributed by atoms with E-state index in [-0.39, 0.29) is 22.2 Å². The minimum absolute atomic E-state index is 0.183. The van der Waals surface area contributed by atoms with Gasteiger partial charge in [-0.05, 0) is 44.2 Å². The van der Waals surface area contributed by atoms with Crippen molar-refractivity contribution in [3.8, 4) is 5.69 Å². The molecule has 0 saturated carbocycles. The van der Waals surface area contributed by atoms with Gasteiger partial charge in [0.2, 0.25) is 5.91 Å². The maximum absolute atomic E-state index is 12.9. The molecule has 0 aliphatic carbocycles. The highest BCUT2D eigenvalue weighted by Gasteiger charge is 2.17. The first-order chi connectivity index (χ1) is 14.9. The van der Waals surface area contributed by atoms with Gasteiger partial charge in [-0.15, -0.1) is 0 Å². The Morgan fingerprint density at radius 3 is 2.55 bits per heavy atom. The molecule has 1 amide bonds. The van der Waals surface area contributed by atoms with Crippen LogP contribution in [0.3, 0.4) is 0 Å². The van der Waals surface area contributed by atoms with Crippen LogP contribution in [0.4, 0.5) is 5.69 Å². The molecular weight excluding hydrogens is 394 g/mol. The van der Waals surface area contributed by atoms with E-state index >= 15 is 0 Å². The SMILES string of the molecule is Cc1ccc2occ(/C=C/C(=O)Nc3c(C)n(C)n(-c4ccccc4)c3=O)c(=O)c2c1. The number of hydrogen-bond donors (Lipinski definition) is 1. The van der Waals surface area contributed by atoms with E-state index in [0.717, 1.165) is 5.56 Å². The summed E-state index contributed by atoms with van der Waals surface area (Å²) in [7, 11) is 1.75. The van der Waals surface area contributed by atoms with E-state index in [2.05, 4.69) is 5.32 Å². The van der Waals surface area contributed by atoms with Crippen molar-refractivity contribution < 1.29 is 9.21 Å². The first kappa shape index (κ1) is 20.2. The van der Waals surface area contributed by atoms with E-state index < -0.39 is 5.91 Å². The van der Waals surface area contributed by atoms with Crippen LogP contribution in [0.1, 0.15) is 16.8 Å². The lowest BCUT2D eigenvalue weighted by Crippen LogP contribution is -2.22. The summed E-state index contributed by atoms with van der Waals surface area (Å²) >= 11 is 0. The molecule has 0 radical (unpaired) electrons. The van der Waals surface area contributed by atoms with Gasteiger partial charge in [0.25, 0.3) is 5.56 Å². The third-order valence-corrected chi connectivity index (χ3v) is 5.17. The molecule has 4 aromatic rings. The Hall–Kier alpha value is -4.13. The molecule has 4 rings (SSSR count). The second-order valence-electron chi connectivity index (χ2n) is 7.28. The van der Waals surface area contributed by atoms with Crippen molar-refractivity contribution in [1.29, 1.82) is 0 Å². The van der Waals surface area contributed by atoms with Crippen molar-refractivity contribution >= 4 is 28.6 Å². The number of anilines is 1. The van der Waals surface area contributed by atoms with Crippen LogP contribution in [-0.4, -0.2) is 15.3 Å². The number of aryl methyl sites for hydroxylation is 1. The van der Waals surface area contributed by atoms with Crippen molar-refractivity contribution in [3.63, 3.8) is 0 Å². The van der Waals surface area contributed by atoms with E-state index in [4.69, 9.17) is 4.42 Å². The van der Waals surface area contributed by atoms with Crippen molar-refractivity contribution in [2.24, 2.45) is 7.05 Å². The van der Waals surface area contributed by atoms with Gasteiger partial charge in [-0.2, -0.15) is 0 Å². The average molecular weight is 415 g/mol. The smallest absolute Gasteiger partial charge is 0.295 e. The number of nitrogens with zero attached hydrogens (tertiary/aromatic N) is 2. The number of amides is 1. The number of fused-ring (bicyclic) bond motifs is 1. The highest BCUT2D eigenvalue weighted by atomic mass is 16.3. The Bertz CT molecular complexity index is 1440. The van der Waals surface area contributed by atoms with Crippen LogP contribution in [-0.2, 0) is 11.8 Å². The summed E-state index contributed by atoms with van der Waals surface area (Å²) in [6, 6.07) is 14.5.